The number of aryl methyl sites for hydroxylation is 1. The van der Waals surface area contributed by atoms with Gasteiger partial charge in [-0.05, 0) is 24.8 Å². The highest BCUT2D eigenvalue weighted by atomic mass is 16.5. The summed E-state index contributed by atoms with van der Waals surface area (Å²) >= 11 is 0. The van der Waals surface area contributed by atoms with E-state index in [9.17, 15) is 9.59 Å². The van der Waals surface area contributed by atoms with E-state index in [2.05, 4.69) is 24.3 Å². The quantitative estimate of drug-likeness (QED) is 0.662. The van der Waals surface area contributed by atoms with E-state index in [1.54, 1.807) is 0 Å². The first-order valence-electron chi connectivity index (χ1n) is 9.48. The number of esters is 1. The van der Waals surface area contributed by atoms with Crippen molar-refractivity contribution in [3.05, 3.63) is 35.4 Å². The highest BCUT2D eigenvalue weighted by molar-refractivity contribution is 5.77. The van der Waals surface area contributed by atoms with Crippen molar-refractivity contribution in [2.45, 2.75) is 64.8 Å². The minimum atomic E-state index is -0.269. The molecule has 0 saturated heterocycles. The van der Waals surface area contributed by atoms with Crippen LogP contribution in [0.25, 0.3) is 0 Å². The third-order valence-electron chi connectivity index (χ3n) is 5.15. The van der Waals surface area contributed by atoms with Gasteiger partial charge in [0.15, 0.2) is 0 Å². The van der Waals surface area contributed by atoms with Crippen LogP contribution in [0.2, 0.25) is 0 Å². The summed E-state index contributed by atoms with van der Waals surface area (Å²) in [5.74, 6) is 0.573. The van der Waals surface area contributed by atoms with Crippen LogP contribution in [0.1, 0.15) is 62.5 Å². The number of amides is 1. The molecular formula is C21H31NO3. The highest BCUT2D eigenvalue weighted by Gasteiger charge is 2.19. The van der Waals surface area contributed by atoms with Gasteiger partial charge in [-0.25, -0.2) is 0 Å². The van der Waals surface area contributed by atoms with E-state index in [1.807, 2.05) is 11.8 Å². The smallest absolute Gasteiger partial charge is 0.307 e. The number of nitrogens with zero attached hydrogens (tertiary/aromatic N) is 1. The van der Waals surface area contributed by atoms with Crippen LogP contribution in [-0.2, 0) is 20.9 Å². The molecule has 1 aliphatic carbocycles. The zero-order valence-electron chi connectivity index (χ0n) is 15.6. The molecule has 0 N–H and O–H groups in total. The van der Waals surface area contributed by atoms with Gasteiger partial charge in [0.1, 0.15) is 0 Å². The van der Waals surface area contributed by atoms with Crippen LogP contribution in [-0.4, -0.2) is 30.4 Å². The molecule has 0 unspecified atom stereocenters. The summed E-state index contributed by atoms with van der Waals surface area (Å²) in [5, 5.41) is 0. The summed E-state index contributed by atoms with van der Waals surface area (Å²) in [6.07, 6.45) is 8.25. The molecule has 0 radical (unpaired) electrons. The lowest BCUT2D eigenvalue weighted by Crippen LogP contribution is -2.33. The number of ether oxygens (including phenoxy) is 1. The SMILES string of the molecule is COC(=O)CCN(Cc1ccc(C)cc1)C(=O)CCC1CCCCC1. The maximum Gasteiger partial charge on any atom is 0.307 e. The Morgan fingerprint density at radius 1 is 1.08 bits per heavy atom. The average molecular weight is 345 g/mol. The molecule has 0 bridgehead atoms. The molecule has 1 aromatic carbocycles. The van der Waals surface area contributed by atoms with Gasteiger partial charge in [-0.1, -0.05) is 61.9 Å². The monoisotopic (exact) mass is 345 g/mol. The minimum Gasteiger partial charge on any atom is -0.469 e. The van der Waals surface area contributed by atoms with E-state index in [4.69, 9.17) is 4.74 Å². The highest BCUT2D eigenvalue weighted by Crippen LogP contribution is 2.27. The van der Waals surface area contributed by atoms with Crippen LogP contribution >= 0.6 is 0 Å². The maximum atomic E-state index is 12.7. The van der Waals surface area contributed by atoms with E-state index < -0.39 is 0 Å². The molecule has 25 heavy (non-hydrogen) atoms. The van der Waals surface area contributed by atoms with Gasteiger partial charge in [0, 0.05) is 19.5 Å². The first-order valence-corrected chi connectivity index (χ1v) is 9.48. The van der Waals surface area contributed by atoms with Gasteiger partial charge in [-0.3, -0.25) is 9.59 Å². The molecule has 138 valence electrons. The molecule has 1 fully saturated rings. The van der Waals surface area contributed by atoms with Crippen molar-refractivity contribution in [1.29, 1.82) is 0 Å². The molecule has 1 aliphatic rings. The zero-order chi connectivity index (χ0) is 18.1. The van der Waals surface area contributed by atoms with E-state index >= 15 is 0 Å². The van der Waals surface area contributed by atoms with Crippen molar-refractivity contribution < 1.29 is 14.3 Å². The standard InChI is InChI=1S/C21H31NO3/c1-17-8-10-19(11-9-17)16-22(15-14-21(24)25-2)20(23)13-12-18-6-4-3-5-7-18/h8-11,18H,3-7,12-16H2,1-2H3. The molecule has 0 aromatic heterocycles. The van der Waals surface area contributed by atoms with Gasteiger partial charge in [0.2, 0.25) is 5.91 Å². The second-order valence-corrected chi connectivity index (χ2v) is 7.17. The van der Waals surface area contributed by atoms with Crippen LogP contribution in [0.4, 0.5) is 0 Å². The molecule has 0 aliphatic heterocycles. The zero-order valence-corrected chi connectivity index (χ0v) is 15.6. The number of hydrogen-bond donors (Lipinski definition) is 0. The summed E-state index contributed by atoms with van der Waals surface area (Å²) in [4.78, 5) is 26.0. The van der Waals surface area contributed by atoms with E-state index in [0.29, 0.717) is 25.4 Å². The Labute approximate surface area is 151 Å². The van der Waals surface area contributed by atoms with Crippen LogP contribution in [0, 0.1) is 12.8 Å². The predicted molar refractivity (Wildman–Crippen MR) is 99.0 cm³/mol. The van der Waals surface area contributed by atoms with Crippen LogP contribution in [0.3, 0.4) is 0 Å². The number of hydrogen-bond acceptors (Lipinski definition) is 3. The van der Waals surface area contributed by atoms with Crippen molar-refractivity contribution in [1.82, 2.24) is 4.90 Å². The predicted octanol–water partition coefficient (Wildman–Crippen LogP) is 4.25. The van der Waals surface area contributed by atoms with Crippen molar-refractivity contribution >= 4 is 11.9 Å². The van der Waals surface area contributed by atoms with Crippen LogP contribution in [0.15, 0.2) is 24.3 Å². The molecule has 0 atom stereocenters. The fourth-order valence-corrected chi connectivity index (χ4v) is 3.50. The number of carbonyl (C=O) groups is 2. The Kier molecular flexibility index (Phi) is 7.96. The van der Waals surface area contributed by atoms with Crippen molar-refractivity contribution in [3.8, 4) is 0 Å². The lowest BCUT2D eigenvalue weighted by atomic mass is 9.86. The second-order valence-electron chi connectivity index (χ2n) is 7.17. The molecule has 0 heterocycles. The van der Waals surface area contributed by atoms with Gasteiger partial charge < -0.3 is 9.64 Å². The van der Waals surface area contributed by atoms with Crippen molar-refractivity contribution in [3.63, 3.8) is 0 Å². The maximum absolute atomic E-state index is 12.7. The lowest BCUT2D eigenvalue weighted by Gasteiger charge is -2.25. The normalized spacial score (nSPS) is 15.0. The first-order chi connectivity index (χ1) is 12.1. The largest absolute Gasteiger partial charge is 0.469 e. The summed E-state index contributed by atoms with van der Waals surface area (Å²) < 4.78 is 4.72. The van der Waals surface area contributed by atoms with Gasteiger partial charge in [0.05, 0.1) is 13.5 Å². The number of benzene rings is 1. The van der Waals surface area contributed by atoms with Gasteiger partial charge in [0.25, 0.3) is 0 Å². The third kappa shape index (κ3) is 6.89. The fraction of sp³-hybridized carbons (Fsp3) is 0.619. The molecular weight excluding hydrogens is 314 g/mol. The van der Waals surface area contributed by atoms with Crippen LogP contribution in [0.5, 0.6) is 0 Å². The molecule has 4 heteroatoms. The summed E-state index contributed by atoms with van der Waals surface area (Å²) in [6.45, 7) is 3.03. The van der Waals surface area contributed by atoms with E-state index in [1.165, 1.54) is 44.8 Å². The molecule has 1 aromatic rings. The van der Waals surface area contributed by atoms with Gasteiger partial charge >= 0.3 is 5.97 Å². The Balaban J connectivity index is 1.92. The molecule has 2 rings (SSSR count). The Morgan fingerprint density at radius 3 is 2.40 bits per heavy atom. The number of rotatable bonds is 8. The molecule has 1 amide bonds. The average Bonchev–Trinajstić information content (AvgIpc) is 2.65. The Morgan fingerprint density at radius 2 is 1.76 bits per heavy atom. The van der Waals surface area contributed by atoms with Gasteiger partial charge in [-0.2, -0.15) is 0 Å². The molecule has 0 spiro atoms. The number of carbonyl (C=O) groups excluding carboxylic acids is 2. The van der Waals surface area contributed by atoms with E-state index in [0.717, 1.165) is 12.0 Å². The molecule has 4 nitrogen and oxygen atoms in total. The molecule has 1 saturated carbocycles. The Bertz CT molecular complexity index is 547. The fourth-order valence-electron chi connectivity index (χ4n) is 3.50. The summed E-state index contributed by atoms with van der Waals surface area (Å²) in [6, 6.07) is 8.21. The van der Waals surface area contributed by atoms with Crippen LogP contribution < -0.4 is 0 Å². The summed E-state index contributed by atoms with van der Waals surface area (Å²) in [5.41, 5.74) is 2.30. The van der Waals surface area contributed by atoms with Crippen molar-refractivity contribution in [2.24, 2.45) is 5.92 Å². The number of methoxy groups -OCH3 is 1. The Hall–Kier alpha value is -1.84. The minimum absolute atomic E-state index is 0.148. The first kappa shape index (κ1) is 19.5. The van der Waals surface area contributed by atoms with Crippen molar-refractivity contribution in [2.75, 3.05) is 13.7 Å². The summed E-state index contributed by atoms with van der Waals surface area (Å²) in [7, 11) is 1.39. The third-order valence-corrected chi connectivity index (χ3v) is 5.15. The van der Waals surface area contributed by atoms with Gasteiger partial charge in [-0.15, -0.1) is 0 Å². The second kappa shape index (κ2) is 10.2. The topological polar surface area (TPSA) is 46.6 Å². The lowest BCUT2D eigenvalue weighted by molar-refractivity contribution is -0.142. The van der Waals surface area contributed by atoms with E-state index in [-0.39, 0.29) is 18.3 Å².